The molecule has 0 spiro atoms. The molecule has 2 aromatic carbocycles. The summed E-state index contributed by atoms with van der Waals surface area (Å²) in [7, 11) is 0. The second-order valence-electron chi connectivity index (χ2n) is 5.82. The Morgan fingerprint density at radius 3 is 1.80 bits per heavy atom. The molecular formula is C19H23NO5. The maximum atomic E-state index is 12.8. The van der Waals surface area contributed by atoms with Gasteiger partial charge in [0.25, 0.3) is 5.91 Å². The summed E-state index contributed by atoms with van der Waals surface area (Å²) in [5.74, 6) is -0.481. The molecule has 0 unspecified atom stereocenters. The van der Waals surface area contributed by atoms with Crippen LogP contribution >= 0.6 is 0 Å². The van der Waals surface area contributed by atoms with Crippen molar-refractivity contribution in [1.82, 2.24) is 4.90 Å². The molecule has 0 aromatic heterocycles. The smallest absolute Gasteiger partial charge is 0.254 e. The van der Waals surface area contributed by atoms with Gasteiger partial charge in [0.15, 0.2) is 0 Å². The van der Waals surface area contributed by atoms with E-state index in [0.29, 0.717) is 5.56 Å². The van der Waals surface area contributed by atoms with Gasteiger partial charge in [-0.05, 0) is 23.3 Å². The van der Waals surface area contributed by atoms with Gasteiger partial charge in [0.1, 0.15) is 5.54 Å². The largest absolute Gasteiger partial charge is 0.395 e. The summed E-state index contributed by atoms with van der Waals surface area (Å²) in [5, 5.41) is 37.9. The highest BCUT2D eigenvalue weighted by atomic mass is 16.3. The summed E-state index contributed by atoms with van der Waals surface area (Å²) in [6.45, 7) is -2.31. The van der Waals surface area contributed by atoms with Crippen LogP contribution in [0.15, 0.2) is 54.6 Å². The Labute approximate surface area is 146 Å². The number of carbonyl (C=O) groups excluding carboxylic acids is 1. The number of rotatable bonds is 8. The molecule has 1 amide bonds. The predicted octanol–water partition coefficient (Wildman–Crippen LogP) is 0.504. The van der Waals surface area contributed by atoms with Gasteiger partial charge in [0.2, 0.25) is 0 Å². The van der Waals surface area contributed by atoms with Crippen LogP contribution in [0, 0.1) is 0 Å². The first-order chi connectivity index (χ1) is 12.1. The third-order valence-corrected chi connectivity index (χ3v) is 4.26. The quantitative estimate of drug-likeness (QED) is 0.558. The van der Waals surface area contributed by atoms with Gasteiger partial charge in [-0.1, -0.05) is 42.5 Å². The molecule has 25 heavy (non-hydrogen) atoms. The van der Waals surface area contributed by atoms with Crippen molar-refractivity contribution in [3.05, 3.63) is 60.2 Å². The summed E-state index contributed by atoms with van der Waals surface area (Å²) in [6.07, 6.45) is 0. The Hall–Kier alpha value is -2.25. The highest BCUT2D eigenvalue weighted by Crippen LogP contribution is 2.22. The first-order valence-electron chi connectivity index (χ1n) is 8.03. The van der Waals surface area contributed by atoms with E-state index < -0.39 is 31.3 Å². The van der Waals surface area contributed by atoms with Crippen molar-refractivity contribution in [2.24, 2.45) is 0 Å². The number of aliphatic hydroxyl groups is 4. The van der Waals surface area contributed by atoms with E-state index in [2.05, 4.69) is 0 Å². The number of hydrogen-bond donors (Lipinski definition) is 4. The minimum absolute atomic E-state index is 0.110. The lowest BCUT2D eigenvalue weighted by molar-refractivity contribution is -0.0395. The van der Waals surface area contributed by atoms with Crippen molar-refractivity contribution in [3.8, 4) is 11.1 Å². The first-order valence-corrected chi connectivity index (χ1v) is 8.03. The van der Waals surface area contributed by atoms with Gasteiger partial charge in [-0.2, -0.15) is 0 Å². The number of hydrogen-bond acceptors (Lipinski definition) is 5. The average molecular weight is 345 g/mol. The molecule has 0 aliphatic heterocycles. The van der Waals surface area contributed by atoms with Gasteiger partial charge in [-0.25, -0.2) is 0 Å². The third-order valence-electron chi connectivity index (χ3n) is 4.26. The van der Waals surface area contributed by atoms with Crippen LogP contribution in [-0.4, -0.2) is 69.7 Å². The topological polar surface area (TPSA) is 101 Å². The molecule has 0 radical (unpaired) electrons. The zero-order chi connectivity index (χ0) is 18.3. The van der Waals surface area contributed by atoms with Crippen LogP contribution in [0.3, 0.4) is 0 Å². The van der Waals surface area contributed by atoms with E-state index in [1.807, 2.05) is 30.3 Å². The monoisotopic (exact) mass is 345 g/mol. The summed E-state index contributed by atoms with van der Waals surface area (Å²) in [4.78, 5) is 13.9. The number of nitrogens with zero attached hydrogens (tertiary/aromatic N) is 1. The molecular weight excluding hydrogens is 322 g/mol. The maximum Gasteiger partial charge on any atom is 0.254 e. The molecule has 6 nitrogen and oxygen atoms in total. The average Bonchev–Trinajstić information content (AvgIpc) is 2.69. The lowest BCUT2D eigenvalue weighted by atomic mass is 9.98. The zero-order valence-electron chi connectivity index (χ0n) is 13.9. The number of carbonyl (C=O) groups is 1. The molecule has 0 heterocycles. The summed E-state index contributed by atoms with van der Waals surface area (Å²) >= 11 is 0. The van der Waals surface area contributed by atoms with E-state index in [-0.39, 0.29) is 13.2 Å². The fourth-order valence-electron chi connectivity index (χ4n) is 2.65. The van der Waals surface area contributed by atoms with E-state index in [4.69, 9.17) is 0 Å². The molecule has 0 atom stereocenters. The van der Waals surface area contributed by atoms with Crippen LogP contribution in [0.2, 0.25) is 0 Å². The van der Waals surface area contributed by atoms with Crippen LogP contribution in [0.25, 0.3) is 11.1 Å². The molecule has 0 aliphatic rings. The fraction of sp³-hybridized carbons (Fsp3) is 0.316. The Morgan fingerprint density at radius 2 is 1.32 bits per heavy atom. The van der Waals surface area contributed by atoms with Crippen molar-refractivity contribution in [3.63, 3.8) is 0 Å². The highest BCUT2D eigenvalue weighted by Gasteiger charge is 2.38. The summed E-state index contributed by atoms with van der Waals surface area (Å²) in [6, 6.07) is 16.6. The fourth-order valence-corrected chi connectivity index (χ4v) is 2.65. The van der Waals surface area contributed by atoms with E-state index in [1.54, 1.807) is 24.3 Å². The molecule has 0 aliphatic carbocycles. The van der Waals surface area contributed by atoms with E-state index in [9.17, 15) is 25.2 Å². The Balaban J connectivity index is 2.30. The predicted molar refractivity (Wildman–Crippen MR) is 94.0 cm³/mol. The summed E-state index contributed by atoms with van der Waals surface area (Å²) < 4.78 is 0. The van der Waals surface area contributed by atoms with Gasteiger partial charge >= 0.3 is 0 Å². The molecule has 2 rings (SSSR count). The number of benzene rings is 2. The zero-order valence-corrected chi connectivity index (χ0v) is 13.9. The SMILES string of the molecule is O=C(c1ccc(-c2ccccc2)cc1)N(CCO)C(CO)(CO)CO. The van der Waals surface area contributed by atoms with Gasteiger partial charge in [0.05, 0.1) is 26.4 Å². The number of amides is 1. The molecule has 6 heteroatoms. The third kappa shape index (κ3) is 4.05. The minimum Gasteiger partial charge on any atom is -0.395 e. The highest BCUT2D eigenvalue weighted by molar-refractivity contribution is 5.95. The second kappa shape index (κ2) is 8.73. The van der Waals surface area contributed by atoms with Crippen LogP contribution < -0.4 is 0 Å². The number of aliphatic hydroxyl groups excluding tert-OH is 4. The van der Waals surface area contributed by atoms with Crippen LogP contribution in [0.5, 0.6) is 0 Å². The molecule has 0 saturated carbocycles. The van der Waals surface area contributed by atoms with E-state index in [1.165, 1.54) is 0 Å². The lowest BCUT2D eigenvalue weighted by Crippen LogP contribution is -2.60. The van der Waals surface area contributed by atoms with E-state index >= 15 is 0 Å². The van der Waals surface area contributed by atoms with Crippen LogP contribution in [-0.2, 0) is 0 Å². The van der Waals surface area contributed by atoms with Crippen LogP contribution in [0.4, 0.5) is 0 Å². The maximum absolute atomic E-state index is 12.8. The molecule has 0 fully saturated rings. The molecule has 4 N–H and O–H groups in total. The van der Waals surface area contributed by atoms with Crippen molar-refractivity contribution in [2.75, 3.05) is 33.0 Å². The Morgan fingerprint density at radius 1 is 0.800 bits per heavy atom. The van der Waals surface area contributed by atoms with Gasteiger partial charge < -0.3 is 25.3 Å². The lowest BCUT2D eigenvalue weighted by Gasteiger charge is -2.40. The second-order valence-corrected chi connectivity index (χ2v) is 5.82. The molecule has 134 valence electrons. The van der Waals surface area contributed by atoms with Gasteiger partial charge in [0, 0.05) is 12.1 Å². The standard InChI is InChI=1S/C19H23NO5/c21-11-10-20(19(12-22,13-23)14-24)18(25)17-8-6-16(7-9-17)15-4-2-1-3-5-15/h1-9,21-24H,10-14H2. The Kier molecular flexibility index (Phi) is 6.66. The molecule has 0 saturated heterocycles. The van der Waals surface area contributed by atoms with Crippen molar-refractivity contribution < 1.29 is 25.2 Å². The van der Waals surface area contributed by atoms with Gasteiger partial charge in [-0.3, -0.25) is 4.79 Å². The minimum atomic E-state index is -1.53. The first kappa shape index (κ1) is 19.1. The molecule has 0 bridgehead atoms. The van der Waals surface area contributed by atoms with Crippen LogP contribution in [0.1, 0.15) is 10.4 Å². The van der Waals surface area contributed by atoms with Gasteiger partial charge in [-0.15, -0.1) is 0 Å². The van der Waals surface area contributed by atoms with Crippen molar-refractivity contribution in [2.45, 2.75) is 5.54 Å². The normalized spacial score (nSPS) is 11.4. The molecule has 2 aromatic rings. The van der Waals surface area contributed by atoms with Crippen molar-refractivity contribution in [1.29, 1.82) is 0 Å². The summed E-state index contributed by atoms with van der Waals surface area (Å²) in [5.41, 5.74) is 0.776. The Bertz CT molecular complexity index is 660. The van der Waals surface area contributed by atoms with E-state index in [0.717, 1.165) is 16.0 Å². The van der Waals surface area contributed by atoms with Crippen molar-refractivity contribution >= 4 is 5.91 Å². The number of β-amino-alcohol motifs (C(OH)–C–C–N with tert-alkyl or cyclic N) is 1.